The van der Waals surface area contributed by atoms with E-state index in [0.29, 0.717) is 109 Å². The lowest BCUT2D eigenvalue weighted by Crippen LogP contribution is -2.48. The first-order chi connectivity index (χ1) is 34.6. The molecule has 2 aromatic carbocycles. The summed E-state index contributed by atoms with van der Waals surface area (Å²) in [5.74, 6) is 5.03. The fourth-order valence-electron chi connectivity index (χ4n) is 9.17. The molecule has 4 amide bonds. The number of allylic oxidation sites excluding steroid dienone is 2. The standard InChI is InChI=1S/C49H60N14O8S/c1-6-62-38(25-31(3)56-62)46(66)54-48-52-36-27-34(44(50)64)29-40(70-5)42(36)60(48)20-12-13-21-61-43-37(53-49(61)55-47(67)39-26-32(4)57-63(39)7-2)28-35(45(51)65)30-41(43)71-24-14-9-15-33-16-22-59(23-17-33)72(68,69)58-18-10-8-11-19-58/h12-13,25-30,33H,6-8,10-11,15-24H2,1-5H3,(H2,50,64)(H2,51,65)(H,52,54,66)(H,53,55,67)/b13-12+. The molecule has 6 aromatic rings. The summed E-state index contributed by atoms with van der Waals surface area (Å²) in [5.41, 5.74) is 15.3. The van der Waals surface area contributed by atoms with Crippen LogP contribution in [0.5, 0.6) is 11.5 Å². The molecule has 0 bridgehead atoms. The number of anilines is 2. The van der Waals surface area contributed by atoms with Crippen LogP contribution in [0.4, 0.5) is 11.9 Å². The van der Waals surface area contributed by atoms with Crippen molar-refractivity contribution in [2.75, 3.05) is 50.5 Å². The van der Waals surface area contributed by atoms with Gasteiger partial charge in [-0.15, -0.1) is 0 Å². The van der Waals surface area contributed by atoms with Crippen LogP contribution in [0.3, 0.4) is 0 Å². The Balaban J connectivity index is 1.08. The molecule has 0 atom stereocenters. The highest BCUT2D eigenvalue weighted by molar-refractivity contribution is 7.86. The van der Waals surface area contributed by atoms with Crippen LogP contribution in [-0.4, -0.2) is 119 Å². The molecule has 0 saturated carbocycles. The van der Waals surface area contributed by atoms with E-state index in [0.717, 1.165) is 19.3 Å². The number of methoxy groups -OCH3 is 1. The molecule has 0 spiro atoms. The van der Waals surface area contributed by atoms with E-state index in [1.165, 1.54) is 31.4 Å². The minimum Gasteiger partial charge on any atom is -0.494 e. The summed E-state index contributed by atoms with van der Waals surface area (Å²) < 4.78 is 48.3. The van der Waals surface area contributed by atoms with Crippen molar-refractivity contribution in [3.05, 3.63) is 82.5 Å². The summed E-state index contributed by atoms with van der Waals surface area (Å²) in [5, 5.41) is 14.7. The number of amides is 4. The minimum atomic E-state index is -3.47. The summed E-state index contributed by atoms with van der Waals surface area (Å²) in [7, 11) is -2.02. The zero-order valence-corrected chi connectivity index (χ0v) is 41.9. The van der Waals surface area contributed by atoms with Crippen LogP contribution in [0.2, 0.25) is 0 Å². The maximum atomic E-state index is 13.9. The molecule has 6 heterocycles. The van der Waals surface area contributed by atoms with Crippen LogP contribution >= 0.6 is 0 Å². The van der Waals surface area contributed by atoms with E-state index >= 15 is 0 Å². The SMILES string of the molecule is CCn1nc(C)cc1C(=O)Nc1nc2cc(C(N)=O)cc(OC)c2n1C/C=C/Cn1c(NC(=O)c2cc(C)nn2CC)nc2cc(C(N)=O)cc(OCC#CCC3CCN(S(=O)(=O)N4CCCCC4)CC3)c21. The monoisotopic (exact) mass is 1000 g/mol. The molecule has 0 unspecified atom stereocenters. The Morgan fingerprint density at radius 3 is 1.68 bits per heavy atom. The fraction of sp³-hybridized carbons (Fsp3) is 0.429. The maximum Gasteiger partial charge on any atom is 0.281 e. The number of carbonyl (C=O) groups excluding carboxylic acids is 4. The number of nitrogens with two attached hydrogens (primary N) is 2. The highest BCUT2D eigenvalue weighted by atomic mass is 32.2. The molecule has 2 aliphatic heterocycles. The fourth-order valence-corrected chi connectivity index (χ4v) is 10.9. The van der Waals surface area contributed by atoms with Crippen molar-refractivity contribution in [1.82, 2.24) is 47.3 Å². The second-order valence-electron chi connectivity index (χ2n) is 17.7. The van der Waals surface area contributed by atoms with E-state index in [-0.39, 0.29) is 54.4 Å². The molecule has 23 heteroatoms. The maximum absolute atomic E-state index is 13.9. The minimum absolute atomic E-state index is 0.0582. The Hall–Kier alpha value is -7.55. The number of carbonyl (C=O) groups is 4. The molecule has 6 N–H and O–H groups in total. The number of fused-ring (bicyclic) bond motifs is 2. The number of rotatable bonds is 18. The number of imidazole rings is 2. The number of hydrogen-bond acceptors (Lipinski definition) is 12. The van der Waals surface area contributed by atoms with E-state index in [2.05, 4.69) is 32.7 Å². The molecular formula is C49H60N14O8S. The summed E-state index contributed by atoms with van der Waals surface area (Å²) in [6.07, 6.45) is 8.43. The normalized spacial score (nSPS) is 15.0. The number of primary amides is 2. The second kappa shape index (κ2) is 21.8. The van der Waals surface area contributed by atoms with Gasteiger partial charge in [-0.05, 0) is 95.7 Å². The van der Waals surface area contributed by atoms with Gasteiger partial charge in [-0.3, -0.25) is 39.2 Å². The zero-order chi connectivity index (χ0) is 51.3. The van der Waals surface area contributed by atoms with E-state index in [1.54, 1.807) is 53.1 Å². The van der Waals surface area contributed by atoms with Crippen molar-refractivity contribution >= 4 is 67.8 Å². The Morgan fingerprint density at radius 2 is 1.19 bits per heavy atom. The summed E-state index contributed by atoms with van der Waals surface area (Å²) in [6.45, 7) is 10.5. The number of aromatic nitrogens is 8. The van der Waals surface area contributed by atoms with Crippen LogP contribution in [0, 0.1) is 31.6 Å². The average Bonchev–Trinajstić information content (AvgIpc) is 4.14. The van der Waals surface area contributed by atoms with Crippen molar-refractivity contribution < 1.29 is 37.1 Å². The summed E-state index contributed by atoms with van der Waals surface area (Å²) in [4.78, 5) is 62.1. The van der Waals surface area contributed by atoms with Crippen LogP contribution in [0.15, 0.2) is 48.6 Å². The molecule has 72 heavy (non-hydrogen) atoms. The first-order valence-electron chi connectivity index (χ1n) is 24.0. The third-order valence-electron chi connectivity index (χ3n) is 12.8. The van der Waals surface area contributed by atoms with Gasteiger partial charge < -0.3 is 30.1 Å². The quantitative estimate of drug-likeness (QED) is 0.0679. The van der Waals surface area contributed by atoms with Gasteiger partial charge in [-0.1, -0.05) is 30.4 Å². The number of aryl methyl sites for hydroxylation is 4. The Kier molecular flexibility index (Phi) is 15.4. The van der Waals surface area contributed by atoms with Gasteiger partial charge in [0.2, 0.25) is 23.7 Å². The Bertz CT molecular complexity index is 3250. The van der Waals surface area contributed by atoms with Crippen molar-refractivity contribution in [3.8, 4) is 23.3 Å². The Labute approximate surface area is 416 Å². The van der Waals surface area contributed by atoms with Gasteiger partial charge >= 0.3 is 0 Å². The number of nitrogens with one attached hydrogen (secondary N) is 2. The first kappa shape index (κ1) is 50.8. The molecular weight excluding hydrogens is 945 g/mol. The number of ether oxygens (including phenoxy) is 2. The van der Waals surface area contributed by atoms with Gasteiger partial charge in [0.05, 0.1) is 29.5 Å². The molecule has 0 radical (unpaired) electrons. The third kappa shape index (κ3) is 10.8. The molecule has 8 rings (SSSR count). The predicted molar refractivity (Wildman–Crippen MR) is 270 cm³/mol. The van der Waals surface area contributed by atoms with Crippen molar-refractivity contribution in [2.24, 2.45) is 17.4 Å². The van der Waals surface area contributed by atoms with E-state index in [9.17, 15) is 27.6 Å². The van der Waals surface area contributed by atoms with Crippen LogP contribution in [0.25, 0.3) is 22.1 Å². The lowest BCUT2D eigenvalue weighted by molar-refractivity contribution is 0.0991. The topological polar surface area (TPSA) is 275 Å². The zero-order valence-electron chi connectivity index (χ0n) is 41.1. The van der Waals surface area contributed by atoms with Gasteiger partial charge in [-0.2, -0.15) is 27.2 Å². The molecule has 380 valence electrons. The van der Waals surface area contributed by atoms with Crippen LogP contribution < -0.4 is 31.6 Å². The third-order valence-corrected chi connectivity index (χ3v) is 14.9. The van der Waals surface area contributed by atoms with Gasteiger partial charge in [0.25, 0.3) is 22.0 Å². The van der Waals surface area contributed by atoms with Gasteiger partial charge in [0.1, 0.15) is 40.5 Å². The van der Waals surface area contributed by atoms with Crippen LogP contribution in [-0.2, 0) is 36.4 Å². The lowest BCUT2D eigenvalue weighted by atomic mass is 9.95. The van der Waals surface area contributed by atoms with E-state index in [4.69, 9.17) is 30.9 Å². The lowest BCUT2D eigenvalue weighted by Gasteiger charge is -2.35. The molecule has 0 aliphatic carbocycles. The number of piperidine rings is 2. The highest BCUT2D eigenvalue weighted by Crippen LogP contribution is 2.33. The Morgan fingerprint density at radius 1 is 0.708 bits per heavy atom. The smallest absolute Gasteiger partial charge is 0.281 e. The number of hydrogen-bond donors (Lipinski definition) is 4. The number of benzene rings is 2. The van der Waals surface area contributed by atoms with Gasteiger partial charge in [0.15, 0.2) is 0 Å². The molecule has 4 aromatic heterocycles. The molecule has 2 fully saturated rings. The van der Waals surface area contributed by atoms with Crippen molar-refractivity contribution in [3.63, 3.8) is 0 Å². The first-order valence-corrected chi connectivity index (χ1v) is 25.4. The largest absolute Gasteiger partial charge is 0.494 e. The summed E-state index contributed by atoms with van der Waals surface area (Å²) >= 11 is 0. The molecule has 2 saturated heterocycles. The highest BCUT2D eigenvalue weighted by Gasteiger charge is 2.33. The van der Waals surface area contributed by atoms with Crippen LogP contribution in [0.1, 0.15) is 105 Å². The molecule has 2 aliphatic rings. The van der Waals surface area contributed by atoms with Crippen molar-refractivity contribution in [2.45, 2.75) is 92.4 Å². The van der Waals surface area contributed by atoms with Gasteiger partial charge in [0, 0.05) is 69.9 Å². The second-order valence-corrected chi connectivity index (χ2v) is 19.6. The average molecular weight is 1010 g/mol. The molecule has 22 nitrogen and oxygen atoms in total. The summed E-state index contributed by atoms with van der Waals surface area (Å²) in [6, 6.07) is 9.42. The van der Waals surface area contributed by atoms with Gasteiger partial charge in [-0.25, -0.2) is 9.97 Å². The van der Waals surface area contributed by atoms with Crippen molar-refractivity contribution in [1.29, 1.82) is 0 Å². The van der Waals surface area contributed by atoms with E-state index < -0.39 is 33.8 Å². The number of nitrogens with zero attached hydrogens (tertiary/aromatic N) is 10. The van der Waals surface area contributed by atoms with E-state index in [1.807, 2.05) is 26.0 Å². The predicted octanol–water partition coefficient (Wildman–Crippen LogP) is 4.62.